The molecule has 3 N–H and O–H groups in total. The Bertz CT molecular complexity index is 844. The summed E-state index contributed by atoms with van der Waals surface area (Å²) in [6.07, 6.45) is 0. The highest BCUT2D eigenvalue weighted by Gasteiger charge is 2.15. The minimum Gasteiger partial charge on any atom is -0.481 e. The zero-order valence-corrected chi connectivity index (χ0v) is 14.7. The lowest BCUT2D eigenvalue weighted by Crippen LogP contribution is -2.24. The number of aromatic nitrogens is 2. The zero-order valence-electron chi connectivity index (χ0n) is 14.7. The van der Waals surface area contributed by atoms with Gasteiger partial charge < -0.3 is 20.5 Å². The quantitative estimate of drug-likeness (QED) is 0.700. The van der Waals surface area contributed by atoms with Crippen LogP contribution >= 0.6 is 0 Å². The third-order valence-electron chi connectivity index (χ3n) is 3.64. The van der Waals surface area contributed by atoms with Gasteiger partial charge in [0.15, 0.2) is 13.2 Å². The van der Waals surface area contributed by atoms with E-state index < -0.39 is 31.0 Å². The first-order valence-electron chi connectivity index (χ1n) is 7.77. The molecule has 26 heavy (non-hydrogen) atoms. The predicted octanol–water partition coefficient (Wildman–Crippen LogP) is 0.697. The molecule has 2 amide bonds. The number of benzene rings is 1. The van der Waals surface area contributed by atoms with Gasteiger partial charge in [-0.05, 0) is 26.0 Å². The van der Waals surface area contributed by atoms with Gasteiger partial charge in [0.05, 0.1) is 22.6 Å². The van der Waals surface area contributed by atoms with E-state index in [1.54, 1.807) is 30.8 Å². The Morgan fingerprint density at radius 2 is 1.88 bits per heavy atom. The molecule has 0 unspecified atom stereocenters. The standard InChI is InChI=1S/C17H20N4O5/c1-10-16(11(2)21(3)20-10)19-14(22)8-26-15(23)9-25-13-7-5-4-6-12(13)17(18)24/h4-7H,8-9H2,1-3H3,(H2,18,24)(H,19,22). The topological polar surface area (TPSA) is 126 Å². The Kier molecular flexibility index (Phi) is 5.94. The van der Waals surface area contributed by atoms with Crippen molar-refractivity contribution in [3.8, 4) is 5.75 Å². The Morgan fingerprint density at radius 1 is 1.19 bits per heavy atom. The van der Waals surface area contributed by atoms with Gasteiger partial charge in [0.25, 0.3) is 11.8 Å². The van der Waals surface area contributed by atoms with Gasteiger partial charge in [0, 0.05) is 7.05 Å². The number of nitrogens with one attached hydrogen (secondary N) is 1. The lowest BCUT2D eigenvalue weighted by Gasteiger charge is -2.10. The van der Waals surface area contributed by atoms with Gasteiger partial charge in [-0.15, -0.1) is 0 Å². The normalized spacial score (nSPS) is 10.3. The third kappa shape index (κ3) is 4.59. The van der Waals surface area contributed by atoms with Crippen LogP contribution in [0.15, 0.2) is 24.3 Å². The fraction of sp³-hybridized carbons (Fsp3) is 0.294. The molecule has 1 aromatic carbocycles. The van der Waals surface area contributed by atoms with Crippen molar-refractivity contribution >= 4 is 23.5 Å². The average Bonchev–Trinajstić information content (AvgIpc) is 2.84. The highest BCUT2D eigenvalue weighted by Crippen LogP contribution is 2.18. The van der Waals surface area contributed by atoms with Crippen molar-refractivity contribution in [1.82, 2.24) is 9.78 Å². The number of esters is 1. The molecule has 0 saturated heterocycles. The molecule has 9 nitrogen and oxygen atoms in total. The molecular formula is C17H20N4O5. The number of carbonyl (C=O) groups excluding carboxylic acids is 3. The Hall–Kier alpha value is -3.36. The van der Waals surface area contributed by atoms with Crippen LogP contribution in [0.4, 0.5) is 5.69 Å². The second-order valence-electron chi connectivity index (χ2n) is 5.53. The van der Waals surface area contributed by atoms with Crippen molar-refractivity contribution in [2.45, 2.75) is 13.8 Å². The van der Waals surface area contributed by atoms with E-state index in [9.17, 15) is 14.4 Å². The van der Waals surface area contributed by atoms with Gasteiger partial charge >= 0.3 is 5.97 Å². The second-order valence-corrected chi connectivity index (χ2v) is 5.53. The number of carbonyl (C=O) groups is 3. The summed E-state index contributed by atoms with van der Waals surface area (Å²) in [4.78, 5) is 34.9. The first-order valence-corrected chi connectivity index (χ1v) is 7.77. The van der Waals surface area contributed by atoms with Gasteiger partial charge in [0.1, 0.15) is 5.75 Å². The summed E-state index contributed by atoms with van der Waals surface area (Å²) in [5, 5.41) is 6.83. The van der Waals surface area contributed by atoms with Crippen LogP contribution in [-0.4, -0.2) is 40.8 Å². The Morgan fingerprint density at radius 3 is 2.50 bits per heavy atom. The number of amides is 2. The van der Waals surface area contributed by atoms with E-state index >= 15 is 0 Å². The largest absolute Gasteiger partial charge is 0.481 e. The van der Waals surface area contributed by atoms with Gasteiger partial charge in [-0.3, -0.25) is 14.3 Å². The minimum absolute atomic E-state index is 0.153. The molecule has 0 aliphatic rings. The monoisotopic (exact) mass is 360 g/mol. The number of hydrogen-bond acceptors (Lipinski definition) is 6. The number of nitrogens with zero attached hydrogens (tertiary/aromatic N) is 2. The Labute approximate surface area is 150 Å². The number of primary amides is 1. The number of rotatable bonds is 7. The molecule has 9 heteroatoms. The molecule has 0 atom stereocenters. The summed E-state index contributed by atoms with van der Waals surface area (Å²) in [6, 6.07) is 6.25. The SMILES string of the molecule is Cc1nn(C)c(C)c1NC(=O)COC(=O)COc1ccccc1C(N)=O. The summed E-state index contributed by atoms with van der Waals surface area (Å²) in [5.74, 6) is -1.74. The molecule has 0 saturated carbocycles. The van der Waals surface area contributed by atoms with E-state index in [0.29, 0.717) is 11.4 Å². The van der Waals surface area contributed by atoms with Gasteiger partial charge in [-0.25, -0.2) is 4.79 Å². The van der Waals surface area contributed by atoms with Crippen LogP contribution in [0.2, 0.25) is 0 Å². The van der Waals surface area contributed by atoms with Crippen LogP contribution in [0.5, 0.6) is 5.75 Å². The molecular weight excluding hydrogens is 340 g/mol. The third-order valence-corrected chi connectivity index (χ3v) is 3.64. The zero-order chi connectivity index (χ0) is 19.3. The average molecular weight is 360 g/mol. The predicted molar refractivity (Wildman–Crippen MR) is 92.7 cm³/mol. The summed E-state index contributed by atoms with van der Waals surface area (Å²) in [7, 11) is 1.76. The van der Waals surface area contributed by atoms with Gasteiger partial charge in [-0.1, -0.05) is 12.1 Å². The fourth-order valence-electron chi connectivity index (χ4n) is 2.25. The van der Waals surface area contributed by atoms with E-state index in [1.807, 2.05) is 6.92 Å². The number of para-hydroxylation sites is 1. The fourth-order valence-corrected chi connectivity index (χ4v) is 2.25. The van der Waals surface area contributed by atoms with Gasteiger partial charge in [0.2, 0.25) is 0 Å². The summed E-state index contributed by atoms with van der Waals surface area (Å²) >= 11 is 0. The maximum atomic E-state index is 11.9. The van der Waals surface area contributed by atoms with Crippen molar-refractivity contribution in [3.05, 3.63) is 41.2 Å². The molecule has 0 radical (unpaired) electrons. The summed E-state index contributed by atoms with van der Waals surface area (Å²) < 4.78 is 11.7. The smallest absolute Gasteiger partial charge is 0.344 e. The molecule has 0 aliphatic carbocycles. The minimum atomic E-state index is -0.751. The number of anilines is 1. The highest BCUT2D eigenvalue weighted by molar-refractivity contribution is 5.96. The highest BCUT2D eigenvalue weighted by atomic mass is 16.6. The van der Waals surface area contributed by atoms with E-state index in [1.165, 1.54) is 12.1 Å². The number of hydrogen-bond donors (Lipinski definition) is 2. The van der Waals surface area contributed by atoms with Crippen LogP contribution in [0.3, 0.4) is 0 Å². The van der Waals surface area contributed by atoms with Crippen molar-refractivity contribution < 1.29 is 23.9 Å². The first-order chi connectivity index (χ1) is 12.3. The lowest BCUT2D eigenvalue weighted by atomic mass is 10.2. The van der Waals surface area contributed by atoms with Crippen LogP contribution in [0, 0.1) is 13.8 Å². The summed E-state index contributed by atoms with van der Waals surface area (Å²) in [5.41, 5.74) is 7.41. The molecule has 1 heterocycles. The van der Waals surface area contributed by atoms with Crippen LogP contribution in [0.1, 0.15) is 21.7 Å². The maximum Gasteiger partial charge on any atom is 0.344 e. The van der Waals surface area contributed by atoms with Crippen molar-refractivity contribution in [2.75, 3.05) is 18.5 Å². The van der Waals surface area contributed by atoms with Gasteiger partial charge in [-0.2, -0.15) is 5.10 Å². The lowest BCUT2D eigenvalue weighted by molar-refractivity contribution is -0.149. The Balaban J connectivity index is 1.84. The van der Waals surface area contributed by atoms with Crippen molar-refractivity contribution in [2.24, 2.45) is 12.8 Å². The number of ether oxygens (including phenoxy) is 2. The van der Waals surface area contributed by atoms with Crippen molar-refractivity contribution in [1.29, 1.82) is 0 Å². The molecule has 2 aromatic rings. The van der Waals surface area contributed by atoms with E-state index in [-0.39, 0.29) is 11.3 Å². The molecule has 0 spiro atoms. The molecule has 0 fully saturated rings. The second kappa shape index (κ2) is 8.15. The molecule has 0 aliphatic heterocycles. The first kappa shape index (κ1) is 19.0. The van der Waals surface area contributed by atoms with Crippen LogP contribution in [-0.2, 0) is 21.4 Å². The van der Waals surface area contributed by atoms with E-state index in [0.717, 1.165) is 5.69 Å². The number of nitrogens with two attached hydrogens (primary N) is 1. The van der Waals surface area contributed by atoms with Crippen LogP contribution < -0.4 is 15.8 Å². The molecule has 2 rings (SSSR count). The van der Waals surface area contributed by atoms with Crippen LogP contribution in [0.25, 0.3) is 0 Å². The van der Waals surface area contributed by atoms with E-state index in [2.05, 4.69) is 10.4 Å². The molecule has 0 bridgehead atoms. The maximum absolute atomic E-state index is 11.9. The molecule has 1 aromatic heterocycles. The summed E-state index contributed by atoms with van der Waals surface area (Å²) in [6.45, 7) is 2.65. The molecule has 138 valence electrons. The van der Waals surface area contributed by atoms with E-state index in [4.69, 9.17) is 15.2 Å². The number of aryl methyl sites for hydroxylation is 2. The van der Waals surface area contributed by atoms with Crippen molar-refractivity contribution in [3.63, 3.8) is 0 Å².